The van der Waals surface area contributed by atoms with Gasteiger partial charge in [0.15, 0.2) is 0 Å². The van der Waals surface area contributed by atoms with Crippen molar-refractivity contribution in [2.24, 2.45) is 5.73 Å². The normalized spacial score (nSPS) is 10.5. The third-order valence-corrected chi connectivity index (χ3v) is 3.22. The Morgan fingerprint density at radius 2 is 1.81 bits per heavy atom. The van der Waals surface area contributed by atoms with Crippen molar-refractivity contribution in [2.45, 2.75) is 6.92 Å². The van der Waals surface area contributed by atoms with Crippen LogP contribution in [0.4, 0.5) is 0 Å². The molecule has 0 aliphatic heterocycles. The molecule has 0 atom stereocenters. The SMILES string of the molecule is Cc1ccc(C(N)=O)c(Oc2cccc3ccccc23)n1. The number of nitrogens with zero attached hydrogens (tertiary/aromatic N) is 1. The minimum atomic E-state index is -0.558. The maximum atomic E-state index is 11.5. The van der Waals surface area contributed by atoms with Gasteiger partial charge in [-0.15, -0.1) is 0 Å². The van der Waals surface area contributed by atoms with Gasteiger partial charge in [-0.3, -0.25) is 4.79 Å². The highest BCUT2D eigenvalue weighted by Gasteiger charge is 2.13. The number of carbonyl (C=O) groups is 1. The molecular formula is C17H14N2O2. The van der Waals surface area contributed by atoms with Crippen molar-refractivity contribution < 1.29 is 9.53 Å². The Labute approximate surface area is 122 Å². The summed E-state index contributed by atoms with van der Waals surface area (Å²) in [5.41, 5.74) is 6.40. The lowest BCUT2D eigenvalue weighted by atomic mass is 10.1. The molecule has 4 heteroatoms. The smallest absolute Gasteiger partial charge is 0.254 e. The Balaban J connectivity index is 2.11. The average molecular weight is 278 g/mol. The molecule has 4 nitrogen and oxygen atoms in total. The van der Waals surface area contributed by atoms with Crippen molar-refractivity contribution >= 4 is 16.7 Å². The fourth-order valence-corrected chi connectivity index (χ4v) is 2.19. The Morgan fingerprint density at radius 3 is 2.62 bits per heavy atom. The summed E-state index contributed by atoms with van der Waals surface area (Å²) < 4.78 is 5.85. The Hall–Kier alpha value is -2.88. The first-order valence-electron chi connectivity index (χ1n) is 6.58. The fourth-order valence-electron chi connectivity index (χ4n) is 2.19. The lowest BCUT2D eigenvalue weighted by molar-refractivity contribution is 0.0997. The predicted octanol–water partition coefficient (Wildman–Crippen LogP) is 3.43. The van der Waals surface area contributed by atoms with Crippen LogP contribution in [0, 0.1) is 6.92 Å². The summed E-state index contributed by atoms with van der Waals surface area (Å²) in [6, 6.07) is 17.0. The van der Waals surface area contributed by atoms with Crippen LogP contribution in [0.1, 0.15) is 16.1 Å². The number of ether oxygens (including phenoxy) is 1. The van der Waals surface area contributed by atoms with E-state index in [2.05, 4.69) is 4.98 Å². The van der Waals surface area contributed by atoms with E-state index in [1.54, 1.807) is 12.1 Å². The molecule has 1 heterocycles. The van der Waals surface area contributed by atoms with Gasteiger partial charge in [-0.25, -0.2) is 4.98 Å². The zero-order valence-corrected chi connectivity index (χ0v) is 11.5. The van der Waals surface area contributed by atoms with Crippen LogP contribution in [0.25, 0.3) is 10.8 Å². The van der Waals surface area contributed by atoms with Crippen LogP contribution in [0.15, 0.2) is 54.6 Å². The van der Waals surface area contributed by atoms with Gasteiger partial charge in [0.2, 0.25) is 5.88 Å². The number of hydrogen-bond acceptors (Lipinski definition) is 3. The number of fused-ring (bicyclic) bond motifs is 1. The number of aromatic nitrogens is 1. The molecule has 0 aliphatic rings. The van der Waals surface area contributed by atoms with Gasteiger partial charge in [-0.2, -0.15) is 0 Å². The fraction of sp³-hybridized carbons (Fsp3) is 0.0588. The van der Waals surface area contributed by atoms with Crippen molar-refractivity contribution in [3.63, 3.8) is 0 Å². The summed E-state index contributed by atoms with van der Waals surface area (Å²) in [6.07, 6.45) is 0. The Kier molecular flexibility index (Phi) is 3.28. The number of primary amides is 1. The van der Waals surface area contributed by atoms with Crippen molar-refractivity contribution in [1.82, 2.24) is 4.98 Å². The van der Waals surface area contributed by atoms with Crippen LogP contribution in [0.5, 0.6) is 11.6 Å². The molecule has 0 fully saturated rings. The van der Waals surface area contributed by atoms with Gasteiger partial charge < -0.3 is 10.5 Å². The minimum absolute atomic E-state index is 0.235. The van der Waals surface area contributed by atoms with Crippen LogP contribution in [0.3, 0.4) is 0 Å². The van der Waals surface area contributed by atoms with E-state index in [1.165, 1.54) is 0 Å². The number of pyridine rings is 1. The quantitative estimate of drug-likeness (QED) is 0.798. The van der Waals surface area contributed by atoms with Crippen LogP contribution in [-0.2, 0) is 0 Å². The lowest BCUT2D eigenvalue weighted by Gasteiger charge is -2.11. The third-order valence-electron chi connectivity index (χ3n) is 3.22. The first-order valence-corrected chi connectivity index (χ1v) is 6.58. The molecule has 0 bridgehead atoms. The molecule has 0 unspecified atom stereocenters. The van der Waals surface area contributed by atoms with Gasteiger partial charge in [-0.05, 0) is 30.5 Å². The van der Waals surface area contributed by atoms with E-state index in [9.17, 15) is 4.79 Å². The number of amides is 1. The topological polar surface area (TPSA) is 65.2 Å². The van der Waals surface area contributed by atoms with Crippen LogP contribution < -0.4 is 10.5 Å². The molecule has 0 saturated heterocycles. The molecule has 0 saturated carbocycles. The highest BCUT2D eigenvalue weighted by molar-refractivity contribution is 5.95. The van der Waals surface area contributed by atoms with Gasteiger partial charge in [-0.1, -0.05) is 36.4 Å². The highest BCUT2D eigenvalue weighted by Crippen LogP contribution is 2.30. The number of carbonyl (C=O) groups excluding carboxylic acids is 1. The molecule has 2 aromatic carbocycles. The zero-order valence-electron chi connectivity index (χ0n) is 11.5. The molecule has 1 aromatic heterocycles. The van der Waals surface area contributed by atoms with E-state index >= 15 is 0 Å². The van der Waals surface area contributed by atoms with Crippen molar-refractivity contribution in [3.8, 4) is 11.6 Å². The van der Waals surface area contributed by atoms with Crippen LogP contribution in [0.2, 0.25) is 0 Å². The van der Waals surface area contributed by atoms with Gasteiger partial charge >= 0.3 is 0 Å². The zero-order chi connectivity index (χ0) is 14.8. The second-order valence-corrected chi connectivity index (χ2v) is 4.75. The molecular weight excluding hydrogens is 264 g/mol. The largest absolute Gasteiger partial charge is 0.438 e. The number of benzene rings is 2. The summed E-state index contributed by atoms with van der Waals surface area (Å²) in [5.74, 6) is 0.324. The summed E-state index contributed by atoms with van der Waals surface area (Å²) >= 11 is 0. The minimum Gasteiger partial charge on any atom is -0.438 e. The van der Waals surface area contributed by atoms with Crippen LogP contribution >= 0.6 is 0 Å². The van der Waals surface area contributed by atoms with Crippen molar-refractivity contribution in [1.29, 1.82) is 0 Å². The standard InChI is InChI=1S/C17H14N2O2/c1-11-9-10-14(16(18)20)17(19-11)21-15-8-4-6-12-5-2-3-7-13(12)15/h2-10H,1H3,(H2,18,20). The first-order chi connectivity index (χ1) is 10.1. The average Bonchev–Trinajstić information content (AvgIpc) is 2.47. The van der Waals surface area contributed by atoms with E-state index in [-0.39, 0.29) is 11.4 Å². The van der Waals surface area contributed by atoms with Gasteiger partial charge in [0.05, 0.1) is 0 Å². The maximum absolute atomic E-state index is 11.5. The molecule has 0 spiro atoms. The molecule has 3 rings (SSSR count). The van der Waals surface area contributed by atoms with E-state index in [4.69, 9.17) is 10.5 Å². The second-order valence-electron chi connectivity index (χ2n) is 4.75. The number of aryl methyl sites for hydroxylation is 1. The van der Waals surface area contributed by atoms with E-state index < -0.39 is 5.91 Å². The highest BCUT2D eigenvalue weighted by atomic mass is 16.5. The molecule has 1 amide bonds. The molecule has 0 aliphatic carbocycles. The second kappa shape index (κ2) is 5.25. The summed E-state index contributed by atoms with van der Waals surface area (Å²) in [4.78, 5) is 15.8. The summed E-state index contributed by atoms with van der Waals surface area (Å²) in [5, 5.41) is 2.02. The molecule has 3 aromatic rings. The van der Waals surface area contributed by atoms with Gasteiger partial charge in [0, 0.05) is 11.1 Å². The molecule has 104 valence electrons. The van der Waals surface area contributed by atoms with Crippen LogP contribution in [-0.4, -0.2) is 10.9 Å². The predicted molar refractivity (Wildman–Crippen MR) is 81.5 cm³/mol. The van der Waals surface area contributed by atoms with E-state index in [0.717, 1.165) is 16.5 Å². The Morgan fingerprint density at radius 1 is 1.05 bits per heavy atom. The number of nitrogens with two attached hydrogens (primary N) is 1. The monoisotopic (exact) mass is 278 g/mol. The molecule has 2 N–H and O–H groups in total. The van der Waals surface area contributed by atoms with E-state index in [1.807, 2.05) is 49.4 Å². The molecule has 21 heavy (non-hydrogen) atoms. The Bertz CT molecular complexity index is 823. The summed E-state index contributed by atoms with van der Waals surface area (Å²) in [6.45, 7) is 1.83. The lowest BCUT2D eigenvalue weighted by Crippen LogP contribution is -2.13. The number of hydrogen-bond donors (Lipinski definition) is 1. The maximum Gasteiger partial charge on any atom is 0.254 e. The van der Waals surface area contributed by atoms with E-state index in [0.29, 0.717) is 5.75 Å². The number of rotatable bonds is 3. The third kappa shape index (κ3) is 2.56. The van der Waals surface area contributed by atoms with Gasteiger partial charge in [0.1, 0.15) is 11.3 Å². The summed E-state index contributed by atoms with van der Waals surface area (Å²) in [7, 11) is 0. The van der Waals surface area contributed by atoms with Crippen molar-refractivity contribution in [3.05, 3.63) is 65.9 Å². The van der Waals surface area contributed by atoms with Crippen molar-refractivity contribution in [2.75, 3.05) is 0 Å². The molecule has 0 radical (unpaired) electrons. The first kappa shape index (κ1) is 13.1. The van der Waals surface area contributed by atoms with Gasteiger partial charge in [0.25, 0.3) is 5.91 Å².